The van der Waals surface area contributed by atoms with Crippen molar-refractivity contribution in [3.63, 3.8) is 0 Å². The number of imide groups is 1. The lowest BCUT2D eigenvalue weighted by molar-refractivity contribution is -0.138. The van der Waals surface area contributed by atoms with Gasteiger partial charge in [-0.15, -0.1) is 0 Å². The fourth-order valence-corrected chi connectivity index (χ4v) is 2.32. The van der Waals surface area contributed by atoms with Crippen molar-refractivity contribution < 1.29 is 19.1 Å². The Morgan fingerprint density at radius 2 is 2.11 bits per heavy atom. The highest BCUT2D eigenvalue weighted by atomic mass is 16.7. The van der Waals surface area contributed by atoms with Gasteiger partial charge in [0.1, 0.15) is 6.04 Å². The molecule has 6 heteroatoms. The van der Waals surface area contributed by atoms with Gasteiger partial charge in [0, 0.05) is 18.3 Å². The SMILES string of the molecule is CCN1C(=O)C[C@H](Nc2ccc3c(c2)OCO3)C1=O. The molecule has 0 saturated carbocycles. The molecule has 19 heavy (non-hydrogen) atoms. The number of hydrogen-bond acceptors (Lipinski definition) is 5. The highest BCUT2D eigenvalue weighted by Gasteiger charge is 2.37. The molecule has 100 valence electrons. The fraction of sp³-hybridized carbons (Fsp3) is 0.385. The van der Waals surface area contributed by atoms with Crippen molar-refractivity contribution in [2.45, 2.75) is 19.4 Å². The number of ether oxygens (including phenoxy) is 2. The van der Waals surface area contributed by atoms with Gasteiger partial charge in [0.05, 0.1) is 6.42 Å². The van der Waals surface area contributed by atoms with Crippen molar-refractivity contribution in [1.29, 1.82) is 0 Å². The first-order valence-electron chi connectivity index (χ1n) is 6.19. The number of likely N-dealkylation sites (N-methyl/N-ethyl adjacent to an activating group) is 1. The van der Waals surface area contributed by atoms with Crippen LogP contribution in [0, 0.1) is 0 Å². The molecule has 1 fully saturated rings. The Bertz CT molecular complexity index is 543. The Balaban J connectivity index is 1.75. The van der Waals surface area contributed by atoms with Crippen molar-refractivity contribution in [2.75, 3.05) is 18.7 Å². The van der Waals surface area contributed by atoms with Crippen molar-refractivity contribution >= 4 is 17.5 Å². The monoisotopic (exact) mass is 262 g/mol. The molecule has 2 heterocycles. The van der Waals surface area contributed by atoms with E-state index in [9.17, 15) is 9.59 Å². The standard InChI is InChI=1S/C13H14N2O4/c1-2-15-12(16)6-9(13(15)17)14-8-3-4-10-11(5-8)19-7-18-10/h3-5,9,14H,2,6-7H2,1H3/t9-/m0/s1. The summed E-state index contributed by atoms with van der Waals surface area (Å²) < 4.78 is 10.5. The zero-order valence-corrected chi connectivity index (χ0v) is 10.5. The molecule has 1 atom stereocenters. The molecule has 1 aromatic carbocycles. The second-order valence-corrected chi connectivity index (χ2v) is 4.45. The van der Waals surface area contributed by atoms with Crippen LogP contribution in [0.3, 0.4) is 0 Å². The number of amides is 2. The first-order chi connectivity index (χ1) is 9.19. The normalized spacial score (nSPS) is 21.1. The lowest BCUT2D eigenvalue weighted by Crippen LogP contribution is -2.34. The van der Waals surface area contributed by atoms with Crippen LogP contribution in [0.2, 0.25) is 0 Å². The summed E-state index contributed by atoms with van der Waals surface area (Å²) in [6, 6.07) is 4.87. The number of hydrogen-bond donors (Lipinski definition) is 1. The summed E-state index contributed by atoms with van der Waals surface area (Å²) in [5.41, 5.74) is 0.744. The zero-order valence-electron chi connectivity index (χ0n) is 10.5. The number of carbonyl (C=O) groups excluding carboxylic acids is 2. The van der Waals surface area contributed by atoms with Crippen LogP contribution >= 0.6 is 0 Å². The molecule has 2 aliphatic heterocycles. The van der Waals surface area contributed by atoms with E-state index < -0.39 is 6.04 Å². The van der Waals surface area contributed by atoms with E-state index in [1.165, 1.54) is 4.90 Å². The van der Waals surface area contributed by atoms with Gasteiger partial charge in [-0.05, 0) is 19.1 Å². The third-order valence-electron chi connectivity index (χ3n) is 3.27. The summed E-state index contributed by atoms with van der Waals surface area (Å²) >= 11 is 0. The number of benzene rings is 1. The molecule has 0 aliphatic carbocycles. The molecule has 0 bridgehead atoms. The van der Waals surface area contributed by atoms with Crippen LogP contribution in [0.4, 0.5) is 5.69 Å². The molecule has 1 aromatic rings. The molecule has 1 saturated heterocycles. The number of nitrogens with one attached hydrogen (secondary N) is 1. The maximum Gasteiger partial charge on any atom is 0.252 e. The smallest absolute Gasteiger partial charge is 0.252 e. The Kier molecular flexibility index (Phi) is 2.77. The molecule has 0 spiro atoms. The van der Waals surface area contributed by atoms with E-state index in [-0.39, 0.29) is 25.0 Å². The molecule has 0 aromatic heterocycles. The van der Waals surface area contributed by atoms with Gasteiger partial charge in [-0.1, -0.05) is 0 Å². The Morgan fingerprint density at radius 3 is 2.84 bits per heavy atom. The van der Waals surface area contributed by atoms with E-state index in [1.54, 1.807) is 25.1 Å². The number of carbonyl (C=O) groups is 2. The van der Waals surface area contributed by atoms with Gasteiger partial charge in [0.15, 0.2) is 11.5 Å². The first kappa shape index (κ1) is 11.8. The minimum absolute atomic E-state index is 0.134. The summed E-state index contributed by atoms with van der Waals surface area (Å²) in [4.78, 5) is 24.9. The average Bonchev–Trinajstić information content (AvgIpc) is 2.95. The molecule has 0 radical (unpaired) electrons. The van der Waals surface area contributed by atoms with E-state index in [1.807, 2.05) is 0 Å². The van der Waals surface area contributed by atoms with Crippen LogP contribution in [0.1, 0.15) is 13.3 Å². The van der Waals surface area contributed by atoms with Gasteiger partial charge in [0.2, 0.25) is 12.7 Å². The van der Waals surface area contributed by atoms with Crippen LogP contribution in [0.15, 0.2) is 18.2 Å². The molecule has 2 aliphatic rings. The minimum atomic E-state index is -0.493. The van der Waals surface area contributed by atoms with E-state index >= 15 is 0 Å². The Labute approximate surface area is 110 Å². The van der Waals surface area contributed by atoms with Crippen LogP contribution in [-0.2, 0) is 9.59 Å². The molecule has 6 nitrogen and oxygen atoms in total. The van der Waals surface area contributed by atoms with Crippen molar-refractivity contribution in [3.8, 4) is 11.5 Å². The molecular formula is C13H14N2O4. The Morgan fingerprint density at radius 1 is 1.32 bits per heavy atom. The topological polar surface area (TPSA) is 67.9 Å². The van der Waals surface area contributed by atoms with E-state index in [0.717, 1.165) is 5.69 Å². The second-order valence-electron chi connectivity index (χ2n) is 4.45. The summed E-state index contributed by atoms with van der Waals surface area (Å²) in [5, 5.41) is 3.07. The van der Waals surface area contributed by atoms with Gasteiger partial charge in [-0.25, -0.2) is 0 Å². The highest BCUT2D eigenvalue weighted by molar-refractivity contribution is 6.06. The Hall–Kier alpha value is -2.24. The van der Waals surface area contributed by atoms with E-state index in [0.29, 0.717) is 18.0 Å². The van der Waals surface area contributed by atoms with Gasteiger partial charge in [0.25, 0.3) is 5.91 Å². The summed E-state index contributed by atoms with van der Waals surface area (Å²) in [5.74, 6) is 1.03. The summed E-state index contributed by atoms with van der Waals surface area (Å²) in [7, 11) is 0. The maximum atomic E-state index is 12.0. The van der Waals surface area contributed by atoms with Crippen LogP contribution in [-0.4, -0.2) is 36.1 Å². The van der Waals surface area contributed by atoms with Gasteiger partial charge < -0.3 is 14.8 Å². The number of fused-ring (bicyclic) bond motifs is 1. The predicted octanol–water partition coefficient (Wildman–Crippen LogP) is 0.975. The van der Waals surface area contributed by atoms with Crippen molar-refractivity contribution in [3.05, 3.63) is 18.2 Å². The quantitative estimate of drug-likeness (QED) is 0.822. The van der Waals surface area contributed by atoms with E-state index in [2.05, 4.69) is 5.32 Å². The number of anilines is 1. The number of nitrogens with zero attached hydrogens (tertiary/aromatic N) is 1. The third-order valence-corrected chi connectivity index (χ3v) is 3.27. The third kappa shape index (κ3) is 1.99. The first-order valence-corrected chi connectivity index (χ1v) is 6.19. The van der Waals surface area contributed by atoms with Crippen molar-refractivity contribution in [2.24, 2.45) is 0 Å². The molecule has 2 amide bonds. The second kappa shape index (κ2) is 4.46. The van der Waals surface area contributed by atoms with Gasteiger partial charge >= 0.3 is 0 Å². The summed E-state index contributed by atoms with van der Waals surface area (Å²) in [6.45, 7) is 2.42. The highest BCUT2D eigenvalue weighted by Crippen LogP contribution is 2.34. The van der Waals surface area contributed by atoms with Crippen molar-refractivity contribution in [1.82, 2.24) is 4.90 Å². The van der Waals surface area contributed by atoms with Crippen LogP contribution < -0.4 is 14.8 Å². The molecular weight excluding hydrogens is 248 g/mol. The molecule has 0 unspecified atom stereocenters. The maximum absolute atomic E-state index is 12.0. The minimum Gasteiger partial charge on any atom is -0.454 e. The molecule has 3 rings (SSSR count). The number of likely N-dealkylation sites (tertiary alicyclic amines) is 1. The van der Waals surface area contributed by atoms with Gasteiger partial charge in [-0.3, -0.25) is 14.5 Å². The summed E-state index contributed by atoms with van der Waals surface area (Å²) in [6.07, 6.45) is 0.196. The number of rotatable bonds is 3. The average molecular weight is 262 g/mol. The lowest BCUT2D eigenvalue weighted by Gasteiger charge is -2.14. The van der Waals surface area contributed by atoms with Crippen LogP contribution in [0.5, 0.6) is 11.5 Å². The zero-order chi connectivity index (χ0) is 13.4. The molecule has 1 N–H and O–H groups in total. The fourth-order valence-electron chi connectivity index (χ4n) is 2.32. The van der Waals surface area contributed by atoms with Gasteiger partial charge in [-0.2, -0.15) is 0 Å². The predicted molar refractivity (Wildman–Crippen MR) is 67.0 cm³/mol. The van der Waals surface area contributed by atoms with E-state index in [4.69, 9.17) is 9.47 Å². The van der Waals surface area contributed by atoms with Crippen LogP contribution in [0.25, 0.3) is 0 Å². The largest absolute Gasteiger partial charge is 0.454 e. The lowest BCUT2D eigenvalue weighted by atomic mass is 10.2.